The number of rotatable bonds is 5. The molecule has 37 heavy (non-hydrogen) atoms. The lowest BCUT2D eigenvalue weighted by Crippen LogP contribution is -2.26. The predicted octanol–water partition coefficient (Wildman–Crippen LogP) is 6.19. The molecule has 0 aliphatic carbocycles. The van der Waals surface area contributed by atoms with Gasteiger partial charge in [-0.15, -0.1) is 0 Å². The molecule has 0 amide bonds. The van der Waals surface area contributed by atoms with Gasteiger partial charge in [0.05, 0.1) is 11.2 Å². The summed E-state index contributed by atoms with van der Waals surface area (Å²) in [6.45, 7) is 4.49. The van der Waals surface area contributed by atoms with Crippen LogP contribution >= 0.6 is 0 Å². The number of carboxylic acid groups (broad SMARTS) is 1. The third-order valence-corrected chi connectivity index (χ3v) is 7.16. The van der Waals surface area contributed by atoms with Gasteiger partial charge in [0, 0.05) is 47.6 Å². The number of carboxylic acids is 1. The van der Waals surface area contributed by atoms with Gasteiger partial charge in [-0.05, 0) is 79.3 Å². The molecule has 0 unspecified atom stereocenters. The zero-order valence-corrected chi connectivity index (χ0v) is 20.9. The second kappa shape index (κ2) is 9.42. The summed E-state index contributed by atoms with van der Waals surface area (Å²) in [6, 6.07) is 12.2. The van der Waals surface area contributed by atoms with Crippen molar-refractivity contribution in [1.82, 2.24) is 9.55 Å². The Morgan fingerprint density at radius 3 is 2.57 bits per heavy atom. The fourth-order valence-electron chi connectivity index (χ4n) is 5.19. The van der Waals surface area contributed by atoms with Crippen molar-refractivity contribution in [1.29, 1.82) is 0 Å². The van der Waals surface area contributed by atoms with Crippen molar-refractivity contribution >= 4 is 28.2 Å². The van der Waals surface area contributed by atoms with E-state index in [1.54, 1.807) is 30.7 Å². The van der Waals surface area contributed by atoms with Gasteiger partial charge in [0.15, 0.2) is 0 Å². The summed E-state index contributed by atoms with van der Waals surface area (Å²) < 4.78 is 30.4. The monoisotopic (exact) mass is 503 g/mol. The summed E-state index contributed by atoms with van der Waals surface area (Å²) in [4.78, 5) is 29.8. The number of benzene rings is 2. The Bertz CT molecular complexity index is 1590. The quantitative estimate of drug-likeness (QED) is 0.351. The highest BCUT2D eigenvalue weighted by Crippen LogP contribution is 2.43. The number of hydrogen-bond donors (Lipinski definition) is 1. The molecule has 0 saturated heterocycles. The van der Waals surface area contributed by atoms with Gasteiger partial charge in [0.2, 0.25) is 0 Å². The second-order valence-electron chi connectivity index (χ2n) is 9.45. The van der Waals surface area contributed by atoms with E-state index in [-0.39, 0.29) is 16.8 Å². The third kappa shape index (κ3) is 4.26. The number of alkyl halides is 2. The zero-order valence-electron chi connectivity index (χ0n) is 20.9. The Balaban J connectivity index is 1.72. The molecule has 0 fully saturated rings. The van der Waals surface area contributed by atoms with Gasteiger partial charge < -0.3 is 14.6 Å². The summed E-state index contributed by atoms with van der Waals surface area (Å²) in [6.07, 6.45) is 0.932. The van der Waals surface area contributed by atoms with Crippen LogP contribution in [-0.2, 0) is 19.9 Å². The van der Waals surface area contributed by atoms with Gasteiger partial charge in [-0.1, -0.05) is 13.0 Å². The number of hydrogen-bond acceptors (Lipinski definition) is 4. The molecule has 1 aliphatic heterocycles. The van der Waals surface area contributed by atoms with Gasteiger partial charge in [0.25, 0.3) is 12.0 Å². The standard InChI is InChI=1S/C29H27F2N3O3/c1-4-17-11-25-22(10-16(2)28(35)33(25)3)26(12-17)34-9-5-6-18-13-20(21(27(30)31)14-24(18)34)19-7-8-23(29(36)37)32-15-19/h7-8,10-15,27H,4-6,9H2,1-3H3,(H,36,37). The lowest BCUT2D eigenvalue weighted by atomic mass is 9.91. The minimum absolute atomic E-state index is 0.0575. The Morgan fingerprint density at radius 1 is 1.14 bits per heavy atom. The molecule has 1 N–H and O–H groups in total. The van der Waals surface area contributed by atoms with Gasteiger partial charge in [-0.2, -0.15) is 0 Å². The number of anilines is 2. The van der Waals surface area contributed by atoms with Crippen LogP contribution < -0.4 is 10.5 Å². The first-order chi connectivity index (χ1) is 17.7. The van der Waals surface area contributed by atoms with E-state index in [0.29, 0.717) is 23.2 Å². The molecule has 190 valence electrons. The number of nitrogens with zero attached hydrogens (tertiary/aromatic N) is 3. The summed E-state index contributed by atoms with van der Waals surface area (Å²) in [7, 11) is 1.76. The molecule has 0 spiro atoms. The van der Waals surface area contributed by atoms with Crippen LogP contribution in [0, 0.1) is 6.92 Å². The summed E-state index contributed by atoms with van der Waals surface area (Å²) in [5.41, 5.74) is 5.52. The summed E-state index contributed by atoms with van der Waals surface area (Å²) >= 11 is 0. The normalized spacial score (nSPS) is 13.3. The molecule has 0 saturated carbocycles. The highest BCUT2D eigenvalue weighted by atomic mass is 19.3. The lowest BCUT2D eigenvalue weighted by Gasteiger charge is -2.34. The van der Waals surface area contributed by atoms with Gasteiger partial charge >= 0.3 is 5.97 Å². The van der Waals surface area contributed by atoms with Crippen LogP contribution in [-0.4, -0.2) is 27.2 Å². The van der Waals surface area contributed by atoms with E-state index in [1.807, 2.05) is 19.1 Å². The maximum atomic E-state index is 14.4. The van der Waals surface area contributed by atoms with E-state index in [2.05, 4.69) is 16.0 Å². The SMILES string of the molecule is CCc1cc(N2CCCc3cc(-c4ccc(C(=O)O)nc4)c(C(F)F)cc32)c2cc(C)c(=O)n(C)c2c1. The molecule has 8 heteroatoms. The van der Waals surface area contributed by atoms with E-state index in [4.69, 9.17) is 5.11 Å². The Hall–Kier alpha value is -4.07. The predicted molar refractivity (Wildman–Crippen MR) is 140 cm³/mol. The first kappa shape index (κ1) is 24.6. The molecule has 1 aliphatic rings. The summed E-state index contributed by atoms with van der Waals surface area (Å²) in [5, 5.41) is 10.0. The minimum atomic E-state index is -2.73. The van der Waals surface area contributed by atoms with E-state index < -0.39 is 12.4 Å². The van der Waals surface area contributed by atoms with Gasteiger partial charge in [0.1, 0.15) is 5.69 Å². The van der Waals surface area contributed by atoms with Crippen LogP contribution in [0.5, 0.6) is 0 Å². The third-order valence-electron chi connectivity index (χ3n) is 7.16. The van der Waals surface area contributed by atoms with E-state index >= 15 is 0 Å². The fourth-order valence-corrected chi connectivity index (χ4v) is 5.19. The van der Waals surface area contributed by atoms with Crippen molar-refractivity contribution < 1.29 is 18.7 Å². The second-order valence-corrected chi connectivity index (χ2v) is 9.45. The topological polar surface area (TPSA) is 75.4 Å². The zero-order chi connectivity index (χ0) is 26.4. The molecule has 5 rings (SSSR count). The highest BCUT2D eigenvalue weighted by Gasteiger charge is 2.26. The van der Waals surface area contributed by atoms with Crippen LogP contribution in [0.25, 0.3) is 22.0 Å². The van der Waals surface area contributed by atoms with Crippen LogP contribution in [0.2, 0.25) is 0 Å². The fraction of sp³-hybridized carbons (Fsp3) is 0.276. The average molecular weight is 504 g/mol. The molecule has 4 aromatic rings. The van der Waals surface area contributed by atoms with E-state index in [9.17, 15) is 18.4 Å². The van der Waals surface area contributed by atoms with E-state index in [0.717, 1.165) is 52.7 Å². The number of fused-ring (bicyclic) bond motifs is 2. The maximum Gasteiger partial charge on any atom is 0.354 e. The van der Waals surface area contributed by atoms with Crippen LogP contribution in [0.15, 0.2) is 53.5 Å². The first-order valence-electron chi connectivity index (χ1n) is 12.2. The van der Waals surface area contributed by atoms with Gasteiger partial charge in [-0.3, -0.25) is 4.79 Å². The number of pyridine rings is 2. The molecule has 0 atom stereocenters. The molecule has 0 bridgehead atoms. The minimum Gasteiger partial charge on any atom is -0.477 e. The van der Waals surface area contributed by atoms with Gasteiger partial charge in [-0.25, -0.2) is 18.6 Å². The van der Waals surface area contributed by atoms with E-state index in [1.165, 1.54) is 18.3 Å². The number of aryl methyl sites for hydroxylation is 4. The lowest BCUT2D eigenvalue weighted by molar-refractivity contribution is 0.0690. The molecular formula is C29H27F2N3O3. The highest BCUT2D eigenvalue weighted by molar-refractivity contribution is 5.96. The number of halogens is 2. The Kier molecular flexibility index (Phi) is 6.27. The smallest absolute Gasteiger partial charge is 0.354 e. The largest absolute Gasteiger partial charge is 0.477 e. The van der Waals surface area contributed by atoms with Crippen molar-refractivity contribution in [2.75, 3.05) is 11.4 Å². The summed E-state index contributed by atoms with van der Waals surface area (Å²) in [5.74, 6) is -1.17. The number of aromatic carboxylic acids is 1. The molecule has 2 aromatic carbocycles. The molecule has 0 radical (unpaired) electrons. The molecule has 3 heterocycles. The van der Waals surface area contributed by atoms with Crippen molar-refractivity contribution in [2.24, 2.45) is 7.05 Å². The van der Waals surface area contributed by atoms with Crippen LogP contribution in [0.3, 0.4) is 0 Å². The number of carbonyl (C=O) groups is 1. The van der Waals surface area contributed by atoms with Crippen LogP contribution in [0.4, 0.5) is 20.2 Å². The Labute approximate surface area is 212 Å². The molecule has 6 nitrogen and oxygen atoms in total. The first-order valence-corrected chi connectivity index (χ1v) is 12.2. The van der Waals surface area contributed by atoms with Crippen molar-refractivity contribution in [3.05, 3.63) is 87.0 Å². The van der Waals surface area contributed by atoms with Crippen LogP contribution in [0.1, 0.15) is 52.5 Å². The van der Waals surface area contributed by atoms with Crippen molar-refractivity contribution in [2.45, 2.75) is 39.5 Å². The van der Waals surface area contributed by atoms with Crippen molar-refractivity contribution in [3.8, 4) is 11.1 Å². The maximum absolute atomic E-state index is 14.4. The average Bonchev–Trinajstić information content (AvgIpc) is 2.90. The number of aromatic nitrogens is 2. The molecule has 2 aromatic heterocycles. The molecular weight excluding hydrogens is 476 g/mol. The van der Waals surface area contributed by atoms with Crippen molar-refractivity contribution in [3.63, 3.8) is 0 Å². The Morgan fingerprint density at radius 2 is 1.92 bits per heavy atom.